The third-order valence-electron chi connectivity index (χ3n) is 2.33. The van der Waals surface area contributed by atoms with E-state index in [2.05, 4.69) is 25.7 Å². The Kier molecular flexibility index (Phi) is 6.58. The molecule has 4 heteroatoms. The summed E-state index contributed by atoms with van der Waals surface area (Å²) in [6, 6.07) is 1.05. The third-order valence-corrected chi connectivity index (χ3v) is 5.49. The van der Waals surface area contributed by atoms with Gasteiger partial charge in [-0.1, -0.05) is 13.8 Å². The second kappa shape index (κ2) is 6.54. The van der Waals surface area contributed by atoms with Crippen LogP contribution < -0.4 is 5.32 Å². The number of rotatable bonds is 7. The second-order valence-electron chi connectivity index (χ2n) is 3.66. The molecule has 0 rings (SSSR count). The fourth-order valence-electron chi connectivity index (χ4n) is 1.35. The summed E-state index contributed by atoms with van der Waals surface area (Å²) in [5.41, 5.74) is 0. The molecule has 0 amide bonds. The highest BCUT2D eigenvalue weighted by Crippen LogP contribution is 2.17. The highest BCUT2D eigenvalue weighted by atomic mass is 28.4. The maximum atomic E-state index is 5.43. The molecule has 0 aliphatic carbocycles. The van der Waals surface area contributed by atoms with E-state index in [4.69, 9.17) is 8.85 Å². The van der Waals surface area contributed by atoms with Crippen molar-refractivity contribution in [2.45, 2.75) is 26.4 Å². The lowest BCUT2D eigenvalue weighted by molar-refractivity contribution is 0.242. The van der Waals surface area contributed by atoms with Crippen LogP contribution in [0.1, 0.15) is 13.8 Å². The van der Waals surface area contributed by atoms with E-state index in [1.807, 2.05) is 0 Å². The van der Waals surface area contributed by atoms with Gasteiger partial charge >= 0.3 is 8.56 Å². The number of hydrogen-bond donors (Lipinski definition) is 1. The van der Waals surface area contributed by atoms with Crippen molar-refractivity contribution < 1.29 is 8.85 Å². The molecule has 1 atom stereocenters. The van der Waals surface area contributed by atoms with E-state index in [1.165, 1.54) is 0 Å². The van der Waals surface area contributed by atoms with Crippen LogP contribution in [0.3, 0.4) is 0 Å². The molecule has 0 spiro atoms. The minimum atomic E-state index is -1.85. The van der Waals surface area contributed by atoms with Crippen molar-refractivity contribution in [3.8, 4) is 0 Å². The average molecular weight is 205 g/mol. The van der Waals surface area contributed by atoms with Gasteiger partial charge in [0.15, 0.2) is 0 Å². The van der Waals surface area contributed by atoms with E-state index >= 15 is 0 Å². The fraction of sp³-hybridized carbons (Fsp3) is 1.00. The summed E-state index contributed by atoms with van der Waals surface area (Å²) >= 11 is 0. The second-order valence-corrected chi connectivity index (χ2v) is 7.15. The molecule has 1 unspecified atom stereocenters. The molecule has 0 aromatic rings. The van der Waals surface area contributed by atoms with E-state index in [0.29, 0.717) is 5.92 Å². The summed E-state index contributed by atoms with van der Waals surface area (Å²) in [6.45, 7) is 8.53. The molecule has 13 heavy (non-hydrogen) atoms. The molecular formula is C9H23NO2Si. The fourth-order valence-corrected chi connectivity index (χ4v) is 3.26. The van der Waals surface area contributed by atoms with Gasteiger partial charge in [0.2, 0.25) is 0 Å². The number of nitrogens with one attached hydrogen (secondary N) is 1. The molecule has 0 saturated carbocycles. The van der Waals surface area contributed by atoms with Gasteiger partial charge in [0, 0.05) is 14.2 Å². The zero-order chi connectivity index (χ0) is 10.3. The van der Waals surface area contributed by atoms with Crippen molar-refractivity contribution in [3.05, 3.63) is 0 Å². The zero-order valence-corrected chi connectivity index (χ0v) is 10.5. The SMILES string of the molecule is CCNCC(C)C[Si](C)(OC)OC. The Bertz CT molecular complexity index is 129. The third kappa shape index (κ3) is 5.41. The quantitative estimate of drug-likeness (QED) is 0.640. The summed E-state index contributed by atoms with van der Waals surface area (Å²) in [4.78, 5) is 0. The van der Waals surface area contributed by atoms with Crippen LogP contribution in [0.15, 0.2) is 0 Å². The van der Waals surface area contributed by atoms with Gasteiger partial charge in [0.25, 0.3) is 0 Å². The van der Waals surface area contributed by atoms with E-state index in [0.717, 1.165) is 19.1 Å². The van der Waals surface area contributed by atoms with Gasteiger partial charge in [-0.2, -0.15) is 0 Å². The average Bonchev–Trinajstić information content (AvgIpc) is 2.14. The van der Waals surface area contributed by atoms with Gasteiger partial charge in [-0.05, 0) is 31.6 Å². The molecule has 0 heterocycles. The molecular weight excluding hydrogens is 182 g/mol. The largest absolute Gasteiger partial charge is 0.398 e. The Morgan fingerprint density at radius 2 is 1.85 bits per heavy atom. The Labute approximate surface area is 83.1 Å². The van der Waals surface area contributed by atoms with Crippen LogP contribution in [0, 0.1) is 5.92 Å². The zero-order valence-electron chi connectivity index (χ0n) is 9.52. The molecule has 0 aromatic carbocycles. The normalized spacial score (nSPS) is 14.5. The van der Waals surface area contributed by atoms with Gasteiger partial charge in [0.05, 0.1) is 0 Å². The first-order valence-electron chi connectivity index (χ1n) is 4.89. The van der Waals surface area contributed by atoms with Gasteiger partial charge in [-0.25, -0.2) is 0 Å². The Morgan fingerprint density at radius 1 is 1.31 bits per heavy atom. The molecule has 3 nitrogen and oxygen atoms in total. The van der Waals surface area contributed by atoms with E-state index < -0.39 is 8.56 Å². The molecule has 0 radical (unpaired) electrons. The van der Waals surface area contributed by atoms with Crippen LogP contribution in [0.25, 0.3) is 0 Å². The predicted octanol–water partition coefficient (Wildman–Crippen LogP) is 1.60. The molecule has 0 bridgehead atoms. The first-order valence-corrected chi connectivity index (χ1v) is 7.41. The van der Waals surface area contributed by atoms with Crippen LogP contribution in [-0.2, 0) is 8.85 Å². The minimum absolute atomic E-state index is 0.622. The maximum absolute atomic E-state index is 5.43. The van der Waals surface area contributed by atoms with Crippen molar-refractivity contribution in [2.75, 3.05) is 27.3 Å². The lowest BCUT2D eigenvalue weighted by atomic mass is 10.2. The van der Waals surface area contributed by atoms with E-state index in [1.54, 1.807) is 14.2 Å². The maximum Gasteiger partial charge on any atom is 0.334 e. The molecule has 1 N–H and O–H groups in total. The van der Waals surface area contributed by atoms with Crippen LogP contribution in [-0.4, -0.2) is 35.9 Å². The summed E-state index contributed by atoms with van der Waals surface area (Å²) in [5, 5.41) is 3.33. The smallest absolute Gasteiger partial charge is 0.334 e. The standard InChI is InChI=1S/C9H23NO2Si/c1-6-10-7-9(2)8-13(5,11-3)12-4/h9-10H,6-8H2,1-5H3. The van der Waals surface area contributed by atoms with Crippen LogP contribution in [0.2, 0.25) is 12.6 Å². The van der Waals surface area contributed by atoms with E-state index in [9.17, 15) is 0 Å². The first kappa shape index (κ1) is 13.1. The van der Waals surface area contributed by atoms with Crippen LogP contribution in [0.4, 0.5) is 0 Å². The Hall–Kier alpha value is 0.0969. The molecule has 0 aliphatic heterocycles. The summed E-state index contributed by atoms with van der Waals surface area (Å²) in [6.07, 6.45) is 0. The molecule has 0 fully saturated rings. The lowest BCUT2D eigenvalue weighted by Crippen LogP contribution is -2.39. The number of hydrogen-bond acceptors (Lipinski definition) is 3. The Morgan fingerprint density at radius 3 is 2.23 bits per heavy atom. The lowest BCUT2D eigenvalue weighted by Gasteiger charge is -2.26. The van der Waals surface area contributed by atoms with Crippen molar-refractivity contribution >= 4 is 8.56 Å². The van der Waals surface area contributed by atoms with Crippen molar-refractivity contribution in [1.29, 1.82) is 0 Å². The molecule has 0 aliphatic rings. The summed E-state index contributed by atoms with van der Waals surface area (Å²) < 4.78 is 10.9. The van der Waals surface area contributed by atoms with Crippen molar-refractivity contribution in [1.82, 2.24) is 5.32 Å². The van der Waals surface area contributed by atoms with Gasteiger partial charge in [0.1, 0.15) is 0 Å². The molecule has 0 aromatic heterocycles. The molecule has 0 saturated heterocycles. The van der Waals surface area contributed by atoms with Crippen molar-refractivity contribution in [2.24, 2.45) is 5.92 Å². The Balaban J connectivity index is 3.79. The summed E-state index contributed by atoms with van der Waals surface area (Å²) in [5.74, 6) is 0.622. The highest BCUT2D eigenvalue weighted by Gasteiger charge is 2.30. The van der Waals surface area contributed by atoms with Crippen LogP contribution >= 0.6 is 0 Å². The van der Waals surface area contributed by atoms with Gasteiger partial charge in [-0.15, -0.1) is 0 Å². The first-order chi connectivity index (χ1) is 6.08. The van der Waals surface area contributed by atoms with E-state index in [-0.39, 0.29) is 0 Å². The highest BCUT2D eigenvalue weighted by molar-refractivity contribution is 6.65. The monoisotopic (exact) mass is 205 g/mol. The molecule has 80 valence electrons. The van der Waals surface area contributed by atoms with Gasteiger partial charge < -0.3 is 14.2 Å². The van der Waals surface area contributed by atoms with Crippen molar-refractivity contribution in [3.63, 3.8) is 0 Å². The predicted molar refractivity (Wildman–Crippen MR) is 58.2 cm³/mol. The van der Waals surface area contributed by atoms with Crippen LogP contribution in [0.5, 0.6) is 0 Å². The summed E-state index contributed by atoms with van der Waals surface area (Å²) in [7, 11) is 1.64. The topological polar surface area (TPSA) is 30.5 Å². The van der Waals surface area contributed by atoms with Gasteiger partial charge in [-0.3, -0.25) is 0 Å². The minimum Gasteiger partial charge on any atom is -0.398 e.